The van der Waals surface area contributed by atoms with Crippen LogP contribution in [0.3, 0.4) is 0 Å². The summed E-state index contributed by atoms with van der Waals surface area (Å²) < 4.78 is 0. The minimum absolute atomic E-state index is 0.210. The van der Waals surface area contributed by atoms with Gasteiger partial charge in [-0.05, 0) is 30.4 Å². The maximum absolute atomic E-state index is 11.0. The predicted octanol–water partition coefficient (Wildman–Crippen LogP) is 0.772. The van der Waals surface area contributed by atoms with E-state index >= 15 is 0 Å². The second-order valence-electron chi connectivity index (χ2n) is 3.04. The van der Waals surface area contributed by atoms with E-state index in [-0.39, 0.29) is 5.69 Å². The zero-order chi connectivity index (χ0) is 10.8. The lowest BCUT2D eigenvalue weighted by Gasteiger charge is -2.06. The Morgan fingerprint density at radius 2 is 2.07 bits per heavy atom. The number of anilines is 1. The first-order valence-corrected chi connectivity index (χ1v) is 4.80. The van der Waals surface area contributed by atoms with Crippen molar-refractivity contribution in [3.63, 3.8) is 0 Å². The minimum Gasteiger partial charge on any atom is -0.366 e. The molecular weight excluding hydrogens is 212 g/mol. The van der Waals surface area contributed by atoms with Crippen LogP contribution in [0.1, 0.15) is 0 Å². The Bertz CT molecular complexity index is 556. The summed E-state index contributed by atoms with van der Waals surface area (Å²) in [6.45, 7) is 0. The van der Waals surface area contributed by atoms with E-state index in [1.54, 1.807) is 7.05 Å². The lowest BCUT2D eigenvalue weighted by atomic mass is 10.3. The van der Waals surface area contributed by atoms with Crippen LogP contribution in [-0.4, -0.2) is 22.1 Å². The van der Waals surface area contributed by atoms with Crippen molar-refractivity contribution in [1.29, 1.82) is 0 Å². The molecule has 78 valence electrons. The Kier molecular flexibility index (Phi) is 2.42. The summed E-state index contributed by atoms with van der Waals surface area (Å²) in [5, 5.41) is 6.32. The van der Waals surface area contributed by atoms with Crippen LogP contribution in [0.25, 0.3) is 11.0 Å². The number of fused-ring (bicyclic) bond motifs is 1. The van der Waals surface area contributed by atoms with Gasteiger partial charge in [0, 0.05) is 12.7 Å². The lowest BCUT2D eigenvalue weighted by molar-refractivity contribution is 1.20. The van der Waals surface area contributed by atoms with E-state index in [0.717, 1.165) is 16.7 Å². The van der Waals surface area contributed by atoms with Crippen LogP contribution in [0.15, 0.2) is 23.0 Å². The number of hydrogen-bond acceptors (Lipinski definition) is 2. The highest BCUT2D eigenvalue weighted by atomic mass is 32.1. The van der Waals surface area contributed by atoms with Gasteiger partial charge < -0.3 is 20.6 Å². The Morgan fingerprint density at radius 3 is 2.80 bits per heavy atom. The van der Waals surface area contributed by atoms with Gasteiger partial charge in [-0.15, -0.1) is 0 Å². The first-order chi connectivity index (χ1) is 7.19. The van der Waals surface area contributed by atoms with Crippen molar-refractivity contribution in [2.75, 3.05) is 12.4 Å². The molecule has 0 atom stereocenters. The molecule has 0 saturated carbocycles. The van der Waals surface area contributed by atoms with Crippen LogP contribution in [0.2, 0.25) is 0 Å². The van der Waals surface area contributed by atoms with Gasteiger partial charge in [-0.3, -0.25) is 0 Å². The molecule has 0 aliphatic rings. The van der Waals surface area contributed by atoms with Gasteiger partial charge >= 0.3 is 5.69 Å². The average Bonchev–Trinajstić information content (AvgIpc) is 2.57. The molecule has 0 saturated heterocycles. The topological polar surface area (TPSA) is 72.7 Å². The molecule has 0 aliphatic heterocycles. The molecule has 15 heavy (non-hydrogen) atoms. The van der Waals surface area contributed by atoms with Gasteiger partial charge in [0.25, 0.3) is 0 Å². The normalized spacial score (nSPS) is 10.2. The summed E-state index contributed by atoms with van der Waals surface area (Å²) in [4.78, 5) is 16.3. The van der Waals surface area contributed by atoms with Crippen molar-refractivity contribution < 1.29 is 0 Å². The summed E-state index contributed by atoms with van der Waals surface area (Å²) in [5.41, 5.74) is 2.15. The molecule has 1 aromatic heterocycles. The quantitative estimate of drug-likeness (QED) is 0.538. The van der Waals surface area contributed by atoms with Crippen LogP contribution in [0.4, 0.5) is 5.69 Å². The molecule has 1 heterocycles. The number of nitrogens with one attached hydrogen (secondary N) is 4. The van der Waals surface area contributed by atoms with E-state index in [0.29, 0.717) is 5.11 Å². The average molecular weight is 222 g/mol. The Morgan fingerprint density at radius 1 is 1.33 bits per heavy atom. The second kappa shape index (κ2) is 3.74. The van der Waals surface area contributed by atoms with E-state index in [1.165, 1.54) is 0 Å². The maximum Gasteiger partial charge on any atom is 0.323 e. The number of thiocarbonyl (C=S) groups is 1. The molecule has 4 N–H and O–H groups in total. The Hall–Kier alpha value is -1.82. The van der Waals surface area contributed by atoms with Crippen LogP contribution in [-0.2, 0) is 0 Å². The van der Waals surface area contributed by atoms with Crippen molar-refractivity contribution in [3.8, 4) is 0 Å². The van der Waals surface area contributed by atoms with Crippen molar-refractivity contribution in [1.82, 2.24) is 15.3 Å². The Balaban J connectivity index is 2.38. The largest absolute Gasteiger partial charge is 0.366 e. The summed E-state index contributed by atoms with van der Waals surface area (Å²) in [7, 11) is 1.74. The van der Waals surface area contributed by atoms with E-state index in [1.807, 2.05) is 18.2 Å². The highest BCUT2D eigenvalue weighted by Crippen LogP contribution is 2.14. The fraction of sp³-hybridized carbons (Fsp3) is 0.111. The summed E-state index contributed by atoms with van der Waals surface area (Å²) >= 11 is 4.96. The third-order valence-electron chi connectivity index (χ3n) is 2.00. The molecule has 0 amide bonds. The van der Waals surface area contributed by atoms with Gasteiger partial charge in [-0.25, -0.2) is 4.79 Å². The number of H-pyrrole nitrogens is 2. The monoisotopic (exact) mass is 222 g/mol. The molecule has 5 nitrogen and oxygen atoms in total. The second-order valence-corrected chi connectivity index (χ2v) is 3.45. The van der Waals surface area contributed by atoms with E-state index in [9.17, 15) is 4.79 Å². The van der Waals surface area contributed by atoms with E-state index in [2.05, 4.69) is 20.6 Å². The molecule has 6 heteroatoms. The van der Waals surface area contributed by atoms with Crippen LogP contribution in [0, 0.1) is 0 Å². The molecule has 0 bridgehead atoms. The third-order valence-corrected chi connectivity index (χ3v) is 2.31. The highest BCUT2D eigenvalue weighted by molar-refractivity contribution is 7.80. The molecular formula is C9H10N4OS. The van der Waals surface area contributed by atoms with E-state index < -0.39 is 0 Å². The number of aromatic amines is 2. The molecule has 0 aliphatic carbocycles. The number of hydrogen-bond donors (Lipinski definition) is 4. The Labute approximate surface area is 90.9 Å². The summed E-state index contributed by atoms with van der Waals surface area (Å²) in [5.74, 6) is 0. The SMILES string of the molecule is CNC(=S)Nc1ccc2[nH]c(=O)[nH]c2c1. The number of imidazole rings is 1. The van der Waals surface area contributed by atoms with Gasteiger partial charge in [0.2, 0.25) is 0 Å². The van der Waals surface area contributed by atoms with Gasteiger partial charge in [-0.2, -0.15) is 0 Å². The first kappa shape index (κ1) is 9.72. The van der Waals surface area contributed by atoms with E-state index in [4.69, 9.17) is 12.2 Å². The highest BCUT2D eigenvalue weighted by Gasteiger charge is 2.00. The molecule has 0 spiro atoms. The lowest BCUT2D eigenvalue weighted by Crippen LogP contribution is -2.23. The molecule has 2 rings (SSSR count). The number of aromatic nitrogens is 2. The van der Waals surface area contributed by atoms with Crippen LogP contribution in [0.5, 0.6) is 0 Å². The van der Waals surface area contributed by atoms with Gasteiger partial charge in [0.1, 0.15) is 0 Å². The summed E-state index contributed by atoms with van der Waals surface area (Å²) in [6.07, 6.45) is 0. The molecule has 0 radical (unpaired) electrons. The molecule has 0 fully saturated rings. The fourth-order valence-electron chi connectivity index (χ4n) is 1.30. The third kappa shape index (κ3) is 1.99. The molecule has 0 unspecified atom stereocenters. The van der Waals surface area contributed by atoms with Crippen molar-refractivity contribution in [2.24, 2.45) is 0 Å². The standard InChI is InChI=1S/C9H10N4OS/c1-10-9(15)11-5-2-3-6-7(4-5)13-8(14)12-6/h2-4H,1H3,(H2,10,11,15)(H2,12,13,14). The zero-order valence-electron chi connectivity index (χ0n) is 8.05. The predicted molar refractivity (Wildman–Crippen MR) is 64.2 cm³/mol. The summed E-state index contributed by atoms with van der Waals surface area (Å²) in [6, 6.07) is 5.47. The first-order valence-electron chi connectivity index (χ1n) is 4.40. The molecule has 1 aromatic carbocycles. The van der Waals surface area contributed by atoms with Gasteiger partial charge in [-0.1, -0.05) is 0 Å². The minimum atomic E-state index is -0.210. The fourth-order valence-corrected chi connectivity index (χ4v) is 1.42. The van der Waals surface area contributed by atoms with Gasteiger partial charge in [0.15, 0.2) is 5.11 Å². The number of benzene rings is 1. The molecule has 2 aromatic rings. The van der Waals surface area contributed by atoms with Crippen molar-refractivity contribution in [3.05, 3.63) is 28.7 Å². The maximum atomic E-state index is 11.0. The van der Waals surface area contributed by atoms with Crippen LogP contribution >= 0.6 is 12.2 Å². The van der Waals surface area contributed by atoms with Gasteiger partial charge in [0.05, 0.1) is 11.0 Å². The number of rotatable bonds is 1. The van der Waals surface area contributed by atoms with Crippen LogP contribution < -0.4 is 16.3 Å². The van der Waals surface area contributed by atoms with Crippen molar-refractivity contribution >= 4 is 34.1 Å². The zero-order valence-corrected chi connectivity index (χ0v) is 8.87. The smallest absolute Gasteiger partial charge is 0.323 e. The van der Waals surface area contributed by atoms with Crippen molar-refractivity contribution in [2.45, 2.75) is 0 Å².